The lowest BCUT2D eigenvalue weighted by Crippen LogP contribution is -2.21. The lowest BCUT2D eigenvalue weighted by molar-refractivity contribution is 0.574. The summed E-state index contributed by atoms with van der Waals surface area (Å²) in [6.07, 6.45) is 0. The minimum absolute atomic E-state index is 0.246. The first-order valence-electron chi connectivity index (χ1n) is 6.64. The quantitative estimate of drug-likeness (QED) is 0.863. The van der Waals surface area contributed by atoms with Crippen LogP contribution in [0.1, 0.15) is 33.9 Å². The van der Waals surface area contributed by atoms with Gasteiger partial charge in [0.25, 0.3) is 0 Å². The Morgan fingerprint density at radius 2 is 1.65 bits per heavy atom. The topological polar surface area (TPSA) is 12.0 Å². The number of aryl methyl sites for hydroxylation is 3. The molecule has 2 aromatic carbocycles. The Balaban J connectivity index is 2.65. The summed E-state index contributed by atoms with van der Waals surface area (Å²) in [4.78, 5) is 0. The van der Waals surface area contributed by atoms with Gasteiger partial charge in [0.05, 0.1) is 6.04 Å². The molecule has 1 unspecified atom stereocenters. The highest BCUT2D eigenvalue weighted by atomic mass is 35.5. The van der Waals surface area contributed by atoms with Gasteiger partial charge in [-0.05, 0) is 56.6 Å². The summed E-state index contributed by atoms with van der Waals surface area (Å²) in [5.74, 6) is -0.281. The van der Waals surface area contributed by atoms with Crippen LogP contribution in [0.25, 0.3) is 0 Å². The maximum atomic E-state index is 14.2. The Labute approximate surface area is 124 Å². The second-order valence-electron chi connectivity index (χ2n) is 5.17. The minimum atomic E-state index is -0.281. The second-order valence-corrected chi connectivity index (χ2v) is 5.58. The van der Waals surface area contributed by atoms with Crippen molar-refractivity contribution < 1.29 is 4.39 Å². The predicted molar refractivity (Wildman–Crippen MR) is 83.0 cm³/mol. The molecule has 1 N–H and O–H groups in total. The third-order valence-electron chi connectivity index (χ3n) is 3.60. The third-order valence-corrected chi connectivity index (χ3v) is 3.93. The zero-order valence-corrected chi connectivity index (χ0v) is 13.0. The van der Waals surface area contributed by atoms with Crippen molar-refractivity contribution in [3.63, 3.8) is 0 Å². The summed E-state index contributed by atoms with van der Waals surface area (Å²) in [5.41, 5.74) is 5.08. The summed E-state index contributed by atoms with van der Waals surface area (Å²) in [7, 11) is 1.83. The lowest BCUT2D eigenvalue weighted by Gasteiger charge is -2.23. The zero-order valence-electron chi connectivity index (χ0n) is 12.2. The maximum Gasteiger partial charge on any atom is 0.129 e. The monoisotopic (exact) mass is 291 g/mol. The fourth-order valence-corrected chi connectivity index (χ4v) is 3.14. The molecule has 3 heteroatoms. The molecule has 0 bridgehead atoms. The van der Waals surface area contributed by atoms with Crippen molar-refractivity contribution >= 4 is 11.6 Å². The normalized spacial score (nSPS) is 12.5. The fourth-order valence-electron chi connectivity index (χ4n) is 2.87. The molecule has 0 aliphatic heterocycles. The van der Waals surface area contributed by atoms with Crippen LogP contribution in [0, 0.1) is 26.6 Å². The average Bonchev–Trinajstić information content (AvgIpc) is 2.35. The molecule has 0 saturated carbocycles. The molecule has 2 aromatic rings. The molecule has 0 amide bonds. The van der Waals surface area contributed by atoms with Gasteiger partial charge in [-0.1, -0.05) is 35.4 Å². The van der Waals surface area contributed by atoms with E-state index in [9.17, 15) is 4.39 Å². The van der Waals surface area contributed by atoms with Gasteiger partial charge in [0, 0.05) is 10.6 Å². The van der Waals surface area contributed by atoms with Crippen molar-refractivity contribution in [3.05, 3.63) is 69.0 Å². The molecule has 0 aliphatic rings. The van der Waals surface area contributed by atoms with Crippen LogP contribution in [0.4, 0.5) is 4.39 Å². The van der Waals surface area contributed by atoms with E-state index in [2.05, 4.69) is 38.2 Å². The number of rotatable bonds is 3. The van der Waals surface area contributed by atoms with Gasteiger partial charge in [0.2, 0.25) is 0 Å². The van der Waals surface area contributed by atoms with Crippen LogP contribution >= 0.6 is 11.6 Å². The standard InChI is InChI=1S/C17H19ClFN/c1-10-8-11(2)15(12(3)9-10)17(20-4)16-13(18)6-5-7-14(16)19/h5-9,17,20H,1-4H3. The predicted octanol–water partition coefficient (Wildman–Crippen LogP) is 4.71. The molecular weight excluding hydrogens is 273 g/mol. The number of benzene rings is 2. The molecule has 1 nitrogen and oxygen atoms in total. The molecule has 0 aromatic heterocycles. The molecule has 0 saturated heterocycles. The molecule has 20 heavy (non-hydrogen) atoms. The van der Waals surface area contributed by atoms with E-state index in [-0.39, 0.29) is 11.9 Å². The van der Waals surface area contributed by atoms with Crippen LogP contribution in [-0.2, 0) is 0 Å². The number of hydrogen-bond donors (Lipinski definition) is 1. The van der Waals surface area contributed by atoms with Gasteiger partial charge in [0.15, 0.2) is 0 Å². The van der Waals surface area contributed by atoms with E-state index in [0.29, 0.717) is 10.6 Å². The van der Waals surface area contributed by atoms with Gasteiger partial charge in [-0.15, -0.1) is 0 Å². The minimum Gasteiger partial charge on any atom is -0.309 e. The van der Waals surface area contributed by atoms with Crippen molar-refractivity contribution in [2.24, 2.45) is 0 Å². The van der Waals surface area contributed by atoms with Gasteiger partial charge in [-0.25, -0.2) is 4.39 Å². The average molecular weight is 292 g/mol. The second kappa shape index (κ2) is 5.94. The highest BCUT2D eigenvalue weighted by molar-refractivity contribution is 6.31. The van der Waals surface area contributed by atoms with E-state index < -0.39 is 0 Å². The van der Waals surface area contributed by atoms with Gasteiger partial charge < -0.3 is 5.32 Å². The van der Waals surface area contributed by atoms with E-state index >= 15 is 0 Å². The van der Waals surface area contributed by atoms with E-state index in [1.807, 2.05) is 7.05 Å². The largest absolute Gasteiger partial charge is 0.309 e. The Morgan fingerprint density at radius 3 is 2.15 bits per heavy atom. The number of nitrogens with one attached hydrogen (secondary N) is 1. The van der Waals surface area contributed by atoms with Crippen LogP contribution < -0.4 is 5.32 Å². The molecule has 1 atom stereocenters. The summed E-state index contributed by atoms with van der Waals surface area (Å²) in [6, 6.07) is 8.78. The highest BCUT2D eigenvalue weighted by Gasteiger charge is 2.22. The Kier molecular flexibility index (Phi) is 4.46. The Hall–Kier alpha value is -1.38. The summed E-state index contributed by atoms with van der Waals surface area (Å²) in [6.45, 7) is 6.16. The molecule has 106 valence electrons. The van der Waals surface area contributed by atoms with Crippen molar-refractivity contribution in [1.82, 2.24) is 5.32 Å². The lowest BCUT2D eigenvalue weighted by atomic mass is 9.90. The molecule has 0 fully saturated rings. The summed E-state index contributed by atoms with van der Waals surface area (Å²) >= 11 is 6.21. The molecule has 0 aliphatic carbocycles. The van der Waals surface area contributed by atoms with E-state index in [1.165, 1.54) is 11.6 Å². The molecule has 2 rings (SSSR count). The first-order valence-corrected chi connectivity index (χ1v) is 7.02. The van der Waals surface area contributed by atoms with Crippen molar-refractivity contribution in [3.8, 4) is 0 Å². The van der Waals surface area contributed by atoms with Gasteiger partial charge >= 0.3 is 0 Å². The van der Waals surface area contributed by atoms with Gasteiger partial charge in [-0.3, -0.25) is 0 Å². The Bertz CT molecular complexity index is 594. The van der Waals surface area contributed by atoms with Crippen LogP contribution in [-0.4, -0.2) is 7.05 Å². The fraction of sp³-hybridized carbons (Fsp3) is 0.294. The first kappa shape index (κ1) is 15.0. The van der Waals surface area contributed by atoms with Gasteiger partial charge in [0.1, 0.15) is 5.82 Å². The number of halogens is 2. The summed E-state index contributed by atoms with van der Waals surface area (Å²) in [5, 5.41) is 3.64. The first-order chi connectivity index (χ1) is 9.45. The Morgan fingerprint density at radius 1 is 1.05 bits per heavy atom. The van der Waals surface area contributed by atoms with Gasteiger partial charge in [-0.2, -0.15) is 0 Å². The smallest absolute Gasteiger partial charge is 0.129 e. The van der Waals surface area contributed by atoms with Crippen LogP contribution in [0.3, 0.4) is 0 Å². The third kappa shape index (κ3) is 2.72. The maximum absolute atomic E-state index is 14.2. The molecule has 0 spiro atoms. The van der Waals surface area contributed by atoms with Crippen LogP contribution in [0.2, 0.25) is 5.02 Å². The number of hydrogen-bond acceptors (Lipinski definition) is 1. The van der Waals surface area contributed by atoms with Crippen molar-refractivity contribution in [1.29, 1.82) is 0 Å². The van der Waals surface area contributed by atoms with E-state index in [1.54, 1.807) is 12.1 Å². The SMILES string of the molecule is CNC(c1c(C)cc(C)cc1C)c1c(F)cccc1Cl. The molecule has 0 heterocycles. The summed E-state index contributed by atoms with van der Waals surface area (Å²) < 4.78 is 14.2. The van der Waals surface area contributed by atoms with Crippen LogP contribution in [0.15, 0.2) is 30.3 Å². The van der Waals surface area contributed by atoms with E-state index in [0.717, 1.165) is 16.7 Å². The van der Waals surface area contributed by atoms with Crippen molar-refractivity contribution in [2.75, 3.05) is 7.05 Å². The van der Waals surface area contributed by atoms with Crippen LogP contribution in [0.5, 0.6) is 0 Å². The molecule has 0 radical (unpaired) electrons. The van der Waals surface area contributed by atoms with E-state index in [4.69, 9.17) is 11.6 Å². The zero-order chi connectivity index (χ0) is 14.9. The molecular formula is C17H19ClFN. The van der Waals surface area contributed by atoms with Crippen molar-refractivity contribution in [2.45, 2.75) is 26.8 Å². The highest BCUT2D eigenvalue weighted by Crippen LogP contribution is 2.34.